The highest BCUT2D eigenvalue weighted by Gasteiger charge is 2.20. The van der Waals surface area contributed by atoms with Crippen molar-refractivity contribution in [1.82, 2.24) is 9.55 Å². The van der Waals surface area contributed by atoms with Gasteiger partial charge in [0, 0.05) is 37.7 Å². The highest BCUT2D eigenvalue weighted by molar-refractivity contribution is 9.10. The SMILES string of the molecule is Cc1ccc2c(c1)c(-c1cc(C)nc3c(Br)cccc13)c(C)n2CC(=O)O. The number of nitrogens with zero attached hydrogens (tertiary/aromatic N) is 2. The molecule has 1 N–H and O–H groups in total. The molecule has 2 aromatic heterocycles. The van der Waals surface area contributed by atoms with E-state index in [2.05, 4.69) is 41.1 Å². The minimum Gasteiger partial charge on any atom is -0.480 e. The van der Waals surface area contributed by atoms with Gasteiger partial charge in [0.2, 0.25) is 0 Å². The summed E-state index contributed by atoms with van der Waals surface area (Å²) in [5.74, 6) is -0.847. The molecule has 2 heterocycles. The molecular formula is C22H19BrN2O2. The summed E-state index contributed by atoms with van der Waals surface area (Å²) in [4.78, 5) is 16.1. The predicted octanol–water partition coefficient (Wildman–Crippen LogP) is 5.63. The zero-order valence-corrected chi connectivity index (χ0v) is 17.0. The Labute approximate surface area is 165 Å². The zero-order valence-electron chi connectivity index (χ0n) is 15.4. The summed E-state index contributed by atoms with van der Waals surface area (Å²) < 4.78 is 2.83. The molecule has 0 unspecified atom stereocenters. The van der Waals surface area contributed by atoms with E-state index in [4.69, 9.17) is 4.98 Å². The van der Waals surface area contributed by atoms with E-state index in [1.54, 1.807) is 0 Å². The normalized spacial score (nSPS) is 11.4. The Morgan fingerprint density at radius 1 is 1.11 bits per heavy atom. The van der Waals surface area contributed by atoms with Gasteiger partial charge in [-0.1, -0.05) is 23.8 Å². The van der Waals surface area contributed by atoms with Gasteiger partial charge >= 0.3 is 5.97 Å². The van der Waals surface area contributed by atoms with Crippen molar-refractivity contribution in [3.8, 4) is 11.1 Å². The Kier molecular flexibility index (Phi) is 4.27. The van der Waals surface area contributed by atoms with Crippen LogP contribution in [0, 0.1) is 20.8 Å². The van der Waals surface area contributed by atoms with Gasteiger partial charge in [-0.15, -0.1) is 0 Å². The Balaban J connectivity index is 2.16. The minimum absolute atomic E-state index is 0.0584. The molecule has 0 fully saturated rings. The first-order chi connectivity index (χ1) is 12.9. The number of hydrogen-bond donors (Lipinski definition) is 1. The maximum absolute atomic E-state index is 11.5. The average Bonchev–Trinajstić information content (AvgIpc) is 2.86. The molecule has 0 aliphatic rings. The molecule has 0 aliphatic heterocycles. The van der Waals surface area contributed by atoms with Crippen molar-refractivity contribution in [2.45, 2.75) is 27.3 Å². The third-order valence-electron chi connectivity index (χ3n) is 4.96. The van der Waals surface area contributed by atoms with Gasteiger partial charge in [-0.3, -0.25) is 9.78 Å². The second kappa shape index (κ2) is 6.50. The number of carboxylic acid groups (broad SMARTS) is 1. The number of pyridine rings is 1. The first-order valence-electron chi connectivity index (χ1n) is 8.74. The molecule has 0 spiro atoms. The van der Waals surface area contributed by atoms with Crippen LogP contribution >= 0.6 is 15.9 Å². The van der Waals surface area contributed by atoms with Gasteiger partial charge < -0.3 is 9.67 Å². The maximum atomic E-state index is 11.5. The van der Waals surface area contributed by atoms with E-state index in [0.29, 0.717) is 0 Å². The first-order valence-corrected chi connectivity index (χ1v) is 9.53. The van der Waals surface area contributed by atoms with Crippen LogP contribution in [0.2, 0.25) is 0 Å². The van der Waals surface area contributed by atoms with Crippen LogP contribution in [0.4, 0.5) is 0 Å². The molecule has 4 nitrogen and oxygen atoms in total. The average molecular weight is 423 g/mol. The summed E-state index contributed by atoms with van der Waals surface area (Å²) in [5, 5.41) is 11.5. The molecule has 4 aromatic rings. The number of para-hydroxylation sites is 1. The summed E-state index contributed by atoms with van der Waals surface area (Å²) in [6, 6.07) is 14.3. The molecule has 0 bridgehead atoms. The third kappa shape index (κ3) is 2.92. The second-order valence-corrected chi connectivity index (χ2v) is 7.76. The number of carboxylic acids is 1. The summed E-state index contributed by atoms with van der Waals surface area (Å²) >= 11 is 3.61. The summed E-state index contributed by atoms with van der Waals surface area (Å²) in [6.07, 6.45) is 0. The molecule has 0 saturated carbocycles. The van der Waals surface area contributed by atoms with Gasteiger partial charge in [-0.25, -0.2) is 0 Å². The van der Waals surface area contributed by atoms with E-state index in [1.165, 1.54) is 0 Å². The van der Waals surface area contributed by atoms with E-state index in [9.17, 15) is 9.90 Å². The van der Waals surface area contributed by atoms with Crippen molar-refractivity contribution in [2.75, 3.05) is 0 Å². The fourth-order valence-electron chi connectivity index (χ4n) is 3.82. The van der Waals surface area contributed by atoms with Gasteiger partial charge in [-0.05, 0) is 66.5 Å². The van der Waals surface area contributed by atoms with Crippen LogP contribution in [-0.4, -0.2) is 20.6 Å². The van der Waals surface area contributed by atoms with E-state index in [0.717, 1.165) is 54.4 Å². The summed E-state index contributed by atoms with van der Waals surface area (Å²) in [5.41, 5.74) is 7.03. The largest absolute Gasteiger partial charge is 0.480 e. The standard InChI is InChI=1S/C22H19BrN2O2/c1-12-7-8-19-17(9-12)21(14(3)25(19)11-20(26)27)16-10-13(2)24-22-15(16)5-4-6-18(22)23/h4-10H,11H2,1-3H3,(H,26,27). The van der Waals surface area contributed by atoms with Crippen molar-refractivity contribution in [2.24, 2.45) is 0 Å². The topological polar surface area (TPSA) is 55.1 Å². The Bertz CT molecular complexity index is 1220. The highest BCUT2D eigenvalue weighted by Crippen LogP contribution is 2.40. The van der Waals surface area contributed by atoms with Crippen molar-refractivity contribution in [3.63, 3.8) is 0 Å². The zero-order chi connectivity index (χ0) is 19.3. The number of aromatic nitrogens is 2. The monoisotopic (exact) mass is 422 g/mol. The number of benzene rings is 2. The number of aryl methyl sites for hydroxylation is 2. The summed E-state index contributed by atoms with van der Waals surface area (Å²) in [6.45, 7) is 5.98. The van der Waals surface area contributed by atoms with Crippen molar-refractivity contribution < 1.29 is 9.90 Å². The summed E-state index contributed by atoms with van der Waals surface area (Å²) in [7, 11) is 0. The first kappa shape index (κ1) is 17.7. The van der Waals surface area contributed by atoms with Crippen molar-refractivity contribution >= 4 is 43.7 Å². The lowest BCUT2D eigenvalue weighted by atomic mass is 9.97. The van der Waals surface area contributed by atoms with Crippen LogP contribution in [0.15, 0.2) is 46.9 Å². The van der Waals surface area contributed by atoms with Gasteiger partial charge in [-0.2, -0.15) is 0 Å². The van der Waals surface area contributed by atoms with E-state index in [1.807, 2.05) is 42.7 Å². The van der Waals surface area contributed by atoms with Crippen LogP contribution in [0.5, 0.6) is 0 Å². The second-order valence-electron chi connectivity index (χ2n) is 6.91. The molecule has 0 aliphatic carbocycles. The Hall–Kier alpha value is -2.66. The predicted molar refractivity (Wildman–Crippen MR) is 112 cm³/mol. The van der Waals surface area contributed by atoms with Crippen LogP contribution < -0.4 is 0 Å². The van der Waals surface area contributed by atoms with Crippen LogP contribution in [0.3, 0.4) is 0 Å². The minimum atomic E-state index is -0.847. The number of halogens is 1. The maximum Gasteiger partial charge on any atom is 0.323 e. The molecule has 0 amide bonds. The lowest BCUT2D eigenvalue weighted by Gasteiger charge is -2.11. The molecule has 136 valence electrons. The number of rotatable bonds is 3. The van der Waals surface area contributed by atoms with E-state index < -0.39 is 5.97 Å². The molecule has 2 aromatic carbocycles. The van der Waals surface area contributed by atoms with Gasteiger partial charge in [0.05, 0.1) is 5.52 Å². The highest BCUT2D eigenvalue weighted by atomic mass is 79.9. The number of fused-ring (bicyclic) bond motifs is 2. The molecule has 4 rings (SSSR count). The molecule has 0 atom stereocenters. The smallest absolute Gasteiger partial charge is 0.323 e. The molecular weight excluding hydrogens is 404 g/mol. The van der Waals surface area contributed by atoms with E-state index in [-0.39, 0.29) is 6.54 Å². The number of carbonyl (C=O) groups is 1. The number of hydrogen-bond acceptors (Lipinski definition) is 2. The lowest BCUT2D eigenvalue weighted by Crippen LogP contribution is -2.09. The third-order valence-corrected chi connectivity index (χ3v) is 5.60. The number of aliphatic carboxylic acids is 1. The fraction of sp³-hybridized carbons (Fsp3) is 0.182. The molecule has 5 heteroatoms. The molecule has 0 radical (unpaired) electrons. The fourth-order valence-corrected chi connectivity index (χ4v) is 4.28. The van der Waals surface area contributed by atoms with Crippen LogP contribution in [0.25, 0.3) is 32.9 Å². The molecule has 27 heavy (non-hydrogen) atoms. The van der Waals surface area contributed by atoms with Crippen LogP contribution in [-0.2, 0) is 11.3 Å². The van der Waals surface area contributed by atoms with Crippen molar-refractivity contribution in [3.05, 3.63) is 63.9 Å². The lowest BCUT2D eigenvalue weighted by molar-refractivity contribution is -0.137. The quantitative estimate of drug-likeness (QED) is 0.465. The van der Waals surface area contributed by atoms with E-state index >= 15 is 0 Å². The molecule has 0 saturated heterocycles. The van der Waals surface area contributed by atoms with Crippen LogP contribution in [0.1, 0.15) is 17.0 Å². The Morgan fingerprint density at radius 3 is 2.63 bits per heavy atom. The van der Waals surface area contributed by atoms with Gasteiger partial charge in [0.25, 0.3) is 0 Å². The van der Waals surface area contributed by atoms with Gasteiger partial charge in [0.15, 0.2) is 0 Å². The van der Waals surface area contributed by atoms with Crippen molar-refractivity contribution in [1.29, 1.82) is 0 Å². The Morgan fingerprint density at radius 2 is 1.89 bits per heavy atom. The van der Waals surface area contributed by atoms with Gasteiger partial charge in [0.1, 0.15) is 6.54 Å².